The third kappa shape index (κ3) is 3.80. The average Bonchev–Trinajstić information content (AvgIpc) is 3.31. The molecule has 0 aromatic heterocycles. The zero-order chi connectivity index (χ0) is 22.9. The largest absolute Gasteiger partial charge is 0.378 e. The minimum absolute atomic E-state index is 0.180. The standard InChI is InChI=1S/C26H21N5O2/c1-30(2)19-14-12-17(13-15-19)16-22-26(33)31(24(27-22)18-8-4-3-5-9-18)29-23-20-10-6-7-11-21(20)28-25(23)32/h3-16H,1-2H3,(H,28,29,32)/b22-16-. The fourth-order valence-electron chi connectivity index (χ4n) is 3.70. The van der Waals surface area contributed by atoms with E-state index in [1.807, 2.05) is 85.7 Å². The number of carbonyl (C=O) groups excluding carboxylic acids is 2. The van der Waals surface area contributed by atoms with Crippen LogP contribution in [0.2, 0.25) is 0 Å². The molecule has 2 aliphatic rings. The summed E-state index contributed by atoms with van der Waals surface area (Å²) in [6, 6.07) is 24.4. The van der Waals surface area contributed by atoms with Crippen molar-refractivity contribution < 1.29 is 9.59 Å². The van der Waals surface area contributed by atoms with Crippen molar-refractivity contribution >= 4 is 40.8 Å². The summed E-state index contributed by atoms with van der Waals surface area (Å²) >= 11 is 0. The Morgan fingerprint density at radius 1 is 0.909 bits per heavy atom. The Labute approximate surface area is 191 Å². The van der Waals surface area contributed by atoms with Crippen LogP contribution >= 0.6 is 0 Å². The van der Waals surface area contributed by atoms with Gasteiger partial charge in [-0.25, -0.2) is 4.99 Å². The van der Waals surface area contributed by atoms with E-state index in [0.29, 0.717) is 17.1 Å². The van der Waals surface area contributed by atoms with Crippen LogP contribution in [0.4, 0.5) is 11.4 Å². The average molecular weight is 435 g/mol. The van der Waals surface area contributed by atoms with E-state index in [4.69, 9.17) is 0 Å². The quantitative estimate of drug-likeness (QED) is 0.635. The van der Waals surface area contributed by atoms with Crippen LogP contribution in [0.5, 0.6) is 0 Å². The minimum Gasteiger partial charge on any atom is -0.378 e. The number of amidine groups is 1. The van der Waals surface area contributed by atoms with Gasteiger partial charge >= 0.3 is 0 Å². The van der Waals surface area contributed by atoms with Crippen molar-refractivity contribution in [2.75, 3.05) is 24.3 Å². The second-order valence-corrected chi connectivity index (χ2v) is 7.88. The normalized spacial score (nSPS) is 17.4. The monoisotopic (exact) mass is 435 g/mol. The van der Waals surface area contributed by atoms with E-state index in [9.17, 15) is 9.59 Å². The van der Waals surface area contributed by atoms with Gasteiger partial charge in [-0.1, -0.05) is 60.7 Å². The van der Waals surface area contributed by atoms with Gasteiger partial charge in [0.25, 0.3) is 11.8 Å². The second kappa shape index (κ2) is 8.20. The molecule has 162 valence electrons. The Balaban J connectivity index is 1.57. The molecular formula is C26H21N5O2. The first-order valence-corrected chi connectivity index (χ1v) is 10.5. The van der Waals surface area contributed by atoms with Crippen molar-refractivity contribution in [1.82, 2.24) is 5.01 Å². The van der Waals surface area contributed by atoms with Crippen LogP contribution in [0.25, 0.3) is 6.08 Å². The summed E-state index contributed by atoms with van der Waals surface area (Å²) in [5.74, 6) is -0.371. The van der Waals surface area contributed by atoms with Crippen molar-refractivity contribution in [3.63, 3.8) is 0 Å². The number of benzene rings is 3. The van der Waals surface area contributed by atoms with Crippen LogP contribution < -0.4 is 10.2 Å². The van der Waals surface area contributed by atoms with Crippen molar-refractivity contribution in [2.45, 2.75) is 0 Å². The number of nitrogens with one attached hydrogen (secondary N) is 1. The van der Waals surface area contributed by atoms with Crippen LogP contribution in [-0.4, -0.2) is 42.5 Å². The molecule has 0 unspecified atom stereocenters. The fraction of sp³-hybridized carbons (Fsp3) is 0.0769. The van der Waals surface area contributed by atoms with E-state index in [2.05, 4.69) is 15.4 Å². The van der Waals surface area contributed by atoms with E-state index < -0.39 is 5.91 Å². The van der Waals surface area contributed by atoms with Crippen molar-refractivity contribution in [3.05, 3.63) is 101 Å². The van der Waals surface area contributed by atoms with E-state index >= 15 is 0 Å². The Bertz CT molecular complexity index is 1340. The maximum Gasteiger partial charge on any atom is 0.298 e. The molecule has 7 nitrogen and oxygen atoms in total. The van der Waals surface area contributed by atoms with Crippen LogP contribution in [0, 0.1) is 0 Å². The maximum absolute atomic E-state index is 13.4. The van der Waals surface area contributed by atoms with Gasteiger partial charge in [-0.2, -0.15) is 10.1 Å². The highest BCUT2D eigenvalue weighted by atomic mass is 16.2. The minimum atomic E-state index is -0.393. The zero-order valence-electron chi connectivity index (χ0n) is 18.2. The van der Waals surface area contributed by atoms with Gasteiger partial charge in [0.1, 0.15) is 5.70 Å². The number of fused-ring (bicyclic) bond motifs is 1. The van der Waals surface area contributed by atoms with Crippen molar-refractivity contribution in [1.29, 1.82) is 0 Å². The molecule has 0 saturated carbocycles. The summed E-state index contributed by atoms with van der Waals surface area (Å²) in [6.45, 7) is 0. The highest BCUT2D eigenvalue weighted by molar-refractivity contribution is 6.54. The molecule has 7 heteroatoms. The molecular weight excluding hydrogens is 414 g/mol. The fourth-order valence-corrected chi connectivity index (χ4v) is 3.70. The van der Waals surface area contributed by atoms with Gasteiger partial charge < -0.3 is 10.2 Å². The lowest BCUT2D eigenvalue weighted by molar-refractivity contribution is -0.122. The summed E-state index contributed by atoms with van der Waals surface area (Å²) in [7, 11) is 3.94. The highest BCUT2D eigenvalue weighted by Crippen LogP contribution is 2.27. The van der Waals surface area contributed by atoms with Crippen LogP contribution in [0.15, 0.2) is 94.7 Å². The van der Waals surface area contributed by atoms with Crippen LogP contribution in [0.3, 0.4) is 0 Å². The number of hydrazone groups is 1. The molecule has 0 aliphatic carbocycles. The smallest absolute Gasteiger partial charge is 0.298 e. The molecule has 0 atom stereocenters. The highest BCUT2D eigenvalue weighted by Gasteiger charge is 2.34. The van der Waals surface area contributed by atoms with Crippen LogP contribution in [-0.2, 0) is 9.59 Å². The second-order valence-electron chi connectivity index (χ2n) is 7.88. The number of hydrogen-bond donors (Lipinski definition) is 1. The van der Waals surface area contributed by atoms with Gasteiger partial charge in [-0.3, -0.25) is 9.59 Å². The molecule has 2 aliphatic heterocycles. The number of aliphatic imine (C=N–C) groups is 1. The predicted molar refractivity (Wildman–Crippen MR) is 130 cm³/mol. The summed E-state index contributed by atoms with van der Waals surface area (Å²) in [5.41, 5.74) is 4.39. The molecule has 0 spiro atoms. The number of nitrogens with zero attached hydrogens (tertiary/aromatic N) is 4. The van der Waals surface area contributed by atoms with Gasteiger partial charge in [0, 0.05) is 30.9 Å². The third-order valence-corrected chi connectivity index (χ3v) is 5.43. The summed E-state index contributed by atoms with van der Waals surface area (Å²) < 4.78 is 0. The van der Waals surface area contributed by atoms with E-state index in [0.717, 1.165) is 16.8 Å². The summed E-state index contributed by atoms with van der Waals surface area (Å²) in [5, 5.41) is 8.48. The van der Waals surface area contributed by atoms with E-state index in [1.165, 1.54) is 5.01 Å². The Kier molecular flexibility index (Phi) is 5.06. The molecule has 5 rings (SSSR count). The number of hydrogen-bond acceptors (Lipinski definition) is 5. The molecule has 2 amide bonds. The molecule has 2 heterocycles. The van der Waals surface area contributed by atoms with E-state index in [-0.39, 0.29) is 17.3 Å². The van der Waals surface area contributed by atoms with Gasteiger partial charge in [-0.15, -0.1) is 0 Å². The third-order valence-electron chi connectivity index (χ3n) is 5.43. The first-order chi connectivity index (χ1) is 16.0. The Hall–Kier alpha value is -4.52. The molecule has 33 heavy (non-hydrogen) atoms. The Morgan fingerprint density at radius 2 is 1.61 bits per heavy atom. The lowest BCUT2D eigenvalue weighted by Gasteiger charge is -2.13. The lowest BCUT2D eigenvalue weighted by atomic mass is 10.1. The lowest BCUT2D eigenvalue weighted by Crippen LogP contribution is -2.30. The van der Waals surface area contributed by atoms with Gasteiger partial charge in [0.2, 0.25) is 0 Å². The summed E-state index contributed by atoms with van der Waals surface area (Å²) in [6.07, 6.45) is 1.73. The molecule has 0 saturated heterocycles. The molecule has 0 fully saturated rings. The molecule has 0 bridgehead atoms. The zero-order valence-corrected chi connectivity index (χ0v) is 18.2. The number of amides is 2. The topological polar surface area (TPSA) is 77.4 Å². The first-order valence-electron chi connectivity index (χ1n) is 10.5. The van der Waals surface area contributed by atoms with Crippen LogP contribution in [0.1, 0.15) is 16.7 Å². The number of anilines is 2. The van der Waals surface area contributed by atoms with E-state index in [1.54, 1.807) is 18.2 Å². The molecule has 3 aromatic carbocycles. The SMILES string of the molecule is CN(C)c1ccc(/C=C2\N=C(c3ccccc3)N(/N=C3\C(=O)Nc4ccccc43)C2=O)cc1. The van der Waals surface area contributed by atoms with Gasteiger partial charge in [0.15, 0.2) is 11.5 Å². The summed E-state index contributed by atoms with van der Waals surface area (Å²) in [4.78, 5) is 32.6. The number of rotatable bonds is 4. The van der Waals surface area contributed by atoms with Crippen molar-refractivity contribution in [2.24, 2.45) is 10.1 Å². The number of para-hydroxylation sites is 1. The Morgan fingerprint density at radius 3 is 2.33 bits per heavy atom. The van der Waals surface area contributed by atoms with Gasteiger partial charge in [0.05, 0.1) is 5.69 Å². The van der Waals surface area contributed by atoms with Crippen molar-refractivity contribution in [3.8, 4) is 0 Å². The maximum atomic E-state index is 13.4. The number of carbonyl (C=O) groups is 2. The molecule has 0 radical (unpaired) electrons. The molecule has 1 N–H and O–H groups in total. The predicted octanol–water partition coefficient (Wildman–Crippen LogP) is 3.74. The molecule has 3 aromatic rings. The van der Waals surface area contributed by atoms with Gasteiger partial charge in [-0.05, 0) is 29.8 Å². The first kappa shape index (κ1) is 20.4.